The SMILES string of the molecule is O=C1CC2(CC2)C(=O)N1Cc1ccccn1. The average Bonchev–Trinajstić information content (AvgIpc) is 3.03. The minimum atomic E-state index is -0.314. The summed E-state index contributed by atoms with van der Waals surface area (Å²) in [6.07, 6.45) is 3.82. The summed E-state index contributed by atoms with van der Waals surface area (Å²) in [5.41, 5.74) is 0.452. The Labute approximate surface area is 93.3 Å². The van der Waals surface area contributed by atoms with E-state index in [1.807, 2.05) is 18.2 Å². The Hall–Kier alpha value is -1.71. The maximum Gasteiger partial charge on any atom is 0.236 e. The van der Waals surface area contributed by atoms with Crippen LogP contribution in [-0.2, 0) is 16.1 Å². The van der Waals surface area contributed by atoms with Gasteiger partial charge in [0.05, 0.1) is 17.7 Å². The Balaban J connectivity index is 1.81. The highest BCUT2D eigenvalue weighted by molar-refractivity contribution is 6.07. The van der Waals surface area contributed by atoms with Gasteiger partial charge in [0, 0.05) is 12.6 Å². The largest absolute Gasteiger partial charge is 0.276 e. The fourth-order valence-electron chi connectivity index (χ4n) is 2.22. The van der Waals surface area contributed by atoms with Gasteiger partial charge in [0.25, 0.3) is 0 Å². The quantitative estimate of drug-likeness (QED) is 0.696. The van der Waals surface area contributed by atoms with Crippen molar-refractivity contribution in [1.29, 1.82) is 0 Å². The summed E-state index contributed by atoms with van der Waals surface area (Å²) < 4.78 is 0. The summed E-state index contributed by atoms with van der Waals surface area (Å²) in [7, 11) is 0. The Morgan fingerprint density at radius 2 is 2.12 bits per heavy atom. The summed E-state index contributed by atoms with van der Waals surface area (Å²) in [5, 5.41) is 0. The van der Waals surface area contributed by atoms with Gasteiger partial charge in [-0.2, -0.15) is 0 Å². The molecule has 2 amide bonds. The zero-order valence-electron chi connectivity index (χ0n) is 8.85. The normalized spacial score (nSPS) is 21.9. The monoisotopic (exact) mass is 216 g/mol. The number of rotatable bonds is 2. The lowest BCUT2D eigenvalue weighted by atomic mass is 10.1. The maximum atomic E-state index is 12.0. The fraction of sp³-hybridized carbons (Fsp3) is 0.417. The second-order valence-corrected chi connectivity index (χ2v) is 4.56. The molecular formula is C12H12N2O2. The molecule has 16 heavy (non-hydrogen) atoms. The van der Waals surface area contributed by atoms with Gasteiger partial charge in [-0.3, -0.25) is 19.5 Å². The van der Waals surface area contributed by atoms with Crippen LogP contribution in [0.4, 0.5) is 0 Å². The van der Waals surface area contributed by atoms with Crippen LogP contribution in [0.25, 0.3) is 0 Å². The van der Waals surface area contributed by atoms with E-state index in [1.54, 1.807) is 6.20 Å². The summed E-state index contributed by atoms with van der Waals surface area (Å²) in [6, 6.07) is 5.51. The molecule has 2 aliphatic rings. The van der Waals surface area contributed by atoms with E-state index < -0.39 is 0 Å². The van der Waals surface area contributed by atoms with Crippen molar-refractivity contribution < 1.29 is 9.59 Å². The topological polar surface area (TPSA) is 50.3 Å². The molecule has 82 valence electrons. The summed E-state index contributed by atoms with van der Waals surface area (Å²) in [5.74, 6) is -0.0451. The number of imide groups is 1. The molecule has 1 aliphatic carbocycles. The van der Waals surface area contributed by atoms with Crippen molar-refractivity contribution >= 4 is 11.8 Å². The van der Waals surface area contributed by atoms with Crippen LogP contribution in [0, 0.1) is 5.41 Å². The van der Waals surface area contributed by atoms with Crippen molar-refractivity contribution in [1.82, 2.24) is 9.88 Å². The first-order chi connectivity index (χ1) is 7.71. The number of likely N-dealkylation sites (tertiary alicyclic amines) is 1. The van der Waals surface area contributed by atoms with E-state index in [2.05, 4.69) is 4.98 Å². The number of carbonyl (C=O) groups is 2. The van der Waals surface area contributed by atoms with E-state index in [1.165, 1.54) is 4.90 Å². The van der Waals surface area contributed by atoms with Crippen molar-refractivity contribution in [2.45, 2.75) is 25.8 Å². The molecule has 1 aromatic heterocycles. The number of hydrogen-bond donors (Lipinski definition) is 0. The van der Waals surface area contributed by atoms with Crippen LogP contribution in [0.1, 0.15) is 25.0 Å². The third-order valence-corrected chi connectivity index (χ3v) is 3.39. The van der Waals surface area contributed by atoms with Crippen molar-refractivity contribution in [3.63, 3.8) is 0 Å². The lowest BCUT2D eigenvalue weighted by Gasteiger charge is -2.13. The molecule has 0 N–H and O–H groups in total. The van der Waals surface area contributed by atoms with Gasteiger partial charge in [-0.15, -0.1) is 0 Å². The number of pyridine rings is 1. The minimum Gasteiger partial charge on any atom is -0.276 e. The van der Waals surface area contributed by atoms with Gasteiger partial charge in [-0.05, 0) is 25.0 Å². The van der Waals surface area contributed by atoms with Gasteiger partial charge in [0.15, 0.2) is 0 Å². The zero-order chi connectivity index (χ0) is 11.2. The molecule has 1 aliphatic heterocycles. The molecule has 2 heterocycles. The maximum absolute atomic E-state index is 12.0. The van der Waals surface area contributed by atoms with Crippen LogP contribution in [0.2, 0.25) is 0 Å². The molecule has 0 bridgehead atoms. The second-order valence-electron chi connectivity index (χ2n) is 4.56. The van der Waals surface area contributed by atoms with Gasteiger partial charge < -0.3 is 0 Å². The Morgan fingerprint density at radius 1 is 1.31 bits per heavy atom. The smallest absolute Gasteiger partial charge is 0.236 e. The molecule has 3 rings (SSSR count). The van der Waals surface area contributed by atoms with E-state index >= 15 is 0 Å². The highest BCUT2D eigenvalue weighted by atomic mass is 16.2. The van der Waals surface area contributed by atoms with Crippen LogP contribution in [-0.4, -0.2) is 21.7 Å². The third-order valence-electron chi connectivity index (χ3n) is 3.39. The minimum absolute atomic E-state index is 0.00292. The standard InChI is InChI=1S/C12H12N2O2/c15-10-7-12(4-5-12)11(16)14(10)8-9-3-1-2-6-13-9/h1-3,6H,4-5,7-8H2. The second kappa shape index (κ2) is 3.14. The van der Waals surface area contributed by atoms with E-state index in [0.29, 0.717) is 13.0 Å². The molecular weight excluding hydrogens is 204 g/mol. The van der Waals surface area contributed by atoms with Crippen molar-refractivity contribution in [3.8, 4) is 0 Å². The van der Waals surface area contributed by atoms with Gasteiger partial charge in [0.1, 0.15) is 0 Å². The summed E-state index contributed by atoms with van der Waals surface area (Å²) in [4.78, 5) is 29.2. The van der Waals surface area contributed by atoms with Crippen LogP contribution >= 0.6 is 0 Å². The predicted molar refractivity (Wildman–Crippen MR) is 56.1 cm³/mol. The third kappa shape index (κ3) is 1.33. The molecule has 4 heteroatoms. The van der Waals surface area contributed by atoms with E-state index in [0.717, 1.165) is 18.5 Å². The molecule has 0 radical (unpaired) electrons. The Kier molecular flexibility index (Phi) is 1.87. The highest BCUT2D eigenvalue weighted by Crippen LogP contribution is 2.54. The van der Waals surface area contributed by atoms with Crippen LogP contribution < -0.4 is 0 Å². The fourth-order valence-corrected chi connectivity index (χ4v) is 2.22. The van der Waals surface area contributed by atoms with E-state index in [9.17, 15) is 9.59 Å². The average molecular weight is 216 g/mol. The van der Waals surface area contributed by atoms with Crippen LogP contribution in [0.15, 0.2) is 24.4 Å². The van der Waals surface area contributed by atoms with Gasteiger partial charge in [-0.25, -0.2) is 0 Å². The Morgan fingerprint density at radius 3 is 2.69 bits per heavy atom. The molecule has 1 spiro atoms. The zero-order valence-corrected chi connectivity index (χ0v) is 8.85. The van der Waals surface area contributed by atoms with Crippen LogP contribution in [0.5, 0.6) is 0 Å². The lowest BCUT2D eigenvalue weighted by Crippen LogP contribution is -2.30. The van der Waals surface area contributed by atoms with Crippen molar-refractivity contribution in [2.24, 2.45) is 5.41 Å². The molecule has 4 nitrogen and oxygen atoms in total. The van der Waals surface area contributed by atoms with Crippen molar-refractivity contribution in [2.75, 3.05) is 0 Å². The van der Waals surface area contributed by atoms with E-state index in [-0.39, 0.29) is 17.2 Å². The molecule has 0 aromatic carbocycles. The first-order valence-corrected chi connectivity index (χ1v) is 5.46. The molecule has 0 unspecified atom stereocenters. The molecule has 1 aromatic rings. The number of nitrogens with zero attached hydrogens (tertiary/aromatic N) is 2. The van der Waals surface area contributed by atoms with Crippen molar-refractivity contribution in [3.05, 3.63) is 30.1 Å². The highest BCUT2D eigenvalue weighted by Gasteiger charge is 2.59. The molecule has 1 saturated carbocycles. The first-order valence-electron chi connectivity index (χ1n) is 5.46. The first kappa shape index (κ1) is 9.51. The van der Waals surface area contributed by atoms with Gasteiger partial charge in [0.2, 0.25) is 11.8 Å². The number of hydrogen-bond acceptors (Lipinski definition) is 3. The van der Waals surface area contributed by atoms with E-state index in [4.69, 9.17) is 0 Å². The number of carbonyl (C=O) groups excluding carboxylic acids is 2. The van der Waals surface area contributed by atoms with Crippen LogP contribution in [0.3, 0.4) is 0 Å². The van der Waals surface area contributed by atoms with Gasteiger partial charge >= 0.3 is 0 Å². The lowest BCUT2D eigenvalue weighted by molar-refractivity contribution is -0.140. The number of aromatic nitrogens is 1. The Bertz CT molecular complexity index is 451. The molecule has 2 fully saturated rings. The predicted octanol–water partition coefficient (Wildman–Crippen LogP) is 1.12. The summed E-state index contributed by atoms with van der Waals surface area (Å²) in [6.45, 7) is 0.320. The molecule has 1 saturated heterocycles. The molecule has 0 atom stereocenters. The van der Waals surface area contributed by atoms with Gasteiger partial charge in [-0.1, -0.05) is 6.07 Å². The number of amides is 2. The summed E-state index contributed by atoms with van der Waals surface area (Å²) >= 11 is 0.